The van der Waals surface area contributed by atoms with Crippen LogP contribution in [0.5, 0.6) is 0 Å². The molecule has 3 rings (SSSR count). The van der Waals surface area contributed by atoms with Gasteiger partial charge in [0.15, 0.2) is 9.84 Å². The Morgan fingerprint density at radius 1 is 1.11 bits per heavy atom. The fourth-order valence-corrected chi connectivity index (χ4v) is 5.87. The first-order chi connectivity index (χ1) is 13.4. The van der Waals surface area contributed by atoms with E-state index in [4.69, 9.17) is 4.74 Å². The van der Waals surface area contributed by atoms with E-state index in [1.54, 1.807) is 18.2 Å². The van der Waals surface area contributed by atoms with Crippen LogP contribution in [0.3, 0.4) is 0 Å². The van der Waals surface area contributed by atoms with Crippen molar-refractivity contribution >= 4 is 38.1 Å². The molecule has 1 aliphatic carbocycles. The van der Waals surface area contributed by atoms with Crippen molar-refractivity contribution in [3.8, 4) is 0 Å². The molecule has 1 aromatic heterocycles. The molecule has 0 bridgehead atoms. The van der Waals surface area contributed by atoms with Crippen molar-refractivity contribution in [3.63, 3.8) is 0 Å². The Hall–Kier alpha value is -2.19. The molecule has 1 N–H and O–H groups in total. The maximum Gasteiger partial charge on any atom is 0.341 e. The van der Waals surface area contributed by atoms with Gasteiger partial charge in [-0.05, 0) is 43.4 Å². The summed E-state index contributed by atoms with van der Waals surface area (Å²) in [4.78, 5) is 26.0. The number of nitrogens with one attached hydrogen (secondary N) is 1. The van der Waals surface area contributed by atoms with Crippen molar-refractivity contribution < 1.29 is 22.7 Å². The zero-order valence-corrected chi connectivity index (χ0v) is 17.3. The minimum absolute atomic E-state index is 0.180. The molecule has 0 spiro atoms. The Bertz CT molecular complexity index is 964. The van der Waals surface area contributed by atoms with Gasteiger partial charge in [-0.15, -0.1) is 11.3 Å². The van der Waals surface area contributed by atoms with Gasteiger partial charge < -0.3 is 10.1 Å². The van der Waals surface area contributed by atoms with Crippen molar-refractivity contribution in [3.05, 3.63) is 46.3 Å². The predicted molar refractivity (Wildman–Crippen MR) is 109 cm³/mol. The number of carbonyl (C=O) groups excluding carboxylic acids is 2. The Labute approximate surface area is 168 Å². The normalized spacial score (nSPS) is 14.0. The molecule has 0 unspecified atom stereocenters. The van der Waals surface area contributed by atoms with Crippen LogP contribution in [0, 0.1) is 0 Å². The molecule has 0 saturated heterocycles. The van der Waals surface area contributed by atoms with Crippen LogP contribution in [-0.2, 0) is 32.2 Å². The molecule has 0 atom stereocenters. The third kappa shape index (κ3) is 4.62. The molecule has 0 fully saturated rings. The van der Waals surface area contributed by atoms with Crippen LogP contribution in [-0.4, -0.2) is 33.2 Å². The van der Waals surface area contributed by atoms with Crippen molar-refractivity contribution in [2.24, 2.45) is 0 Å². The number of hydrogen-bond donors (Lipinski definition) is 1. The number of sulfone groups is 1. The first kappa shape index (κ1) is 20.5. The highest BCUT2D eigenvalue weighted by Gasteiger charge is 2.26. The number of anilines is 1. The summed E-state index contributed by atoms with van der Waals surface area (Å²) in [6.45, 7) is 0. The zero-order chi connectivity index (χ0) is 20.1. The lowest BCUT2D eigenvalue weighted by Gasteiger charge is -2.08. The van der Waals surface area contributed by atoms with Gasteiger partial charge in [0.25, 0.3) is 0 Å². The van der Waals surface area contributed by atoms with Crippen molar-refractivity contribution in [1.29, 1.82) is 0 Å². The lowest BCUT2D eigenvalue weighted by Crippen LogP contribution is -2.18. The number of hydrogen-bond acceptors (Lipinski definition) is 6. The number of thiophene rings is 1. The third-order valence-electron chi connectivity index (χ3n) is 4.76. The van der Waals surface area contributed by atoms with E-state index in [0.717, 1.165) is 42.5 Å². The quantitative estimate of drug-likeness (QED) is 0.568. The molecule has 8 heteroatoms. The maximum absolute atomic E-state index is 12.4. The van der Waals surface area contributed by atoms with E-state index in [-0.39, 0.29) is 17.1 Å². The Balaban J connectivity index is 1.74. The first-order valence-corrected chi connectivity index (χ1v) is 11.7. The van der Waals surface area contributed by atoms with E-state index in [0.29, 0.717) is 10.6 Å². The average Bonchev–Trinajstić information content (AvgIpc) is 2.87. The molecule has 1 aromatic carbocycles. The number of carbonyl (C=O) groups is 2. The summed E-state index contributed by atoms with van der Waals surface area (Å²) in [5.41, 5.74) is 1.38. The van der Waals surface area contributed by atoms with Crippen molar-refractivity contribution in [2.45, 2.75) is 43.4 Å². The summed E-state index contributed by atoms with van der Waals surface area (Å²) in [5.74, 6) is -1.19. The van der Waals surface area contributed by atoms with Gasteiger partial charge in [0.1, 0.15) is 5.00 Å². The predicted octanol–water partition coefficient (Wildman–Crippen LogP) is 3.61. The molecular weight excluding hydrogens is 398 g/mol. The van der Waals surface area contributed by atoms with E-state index in [9.17, 15) is 18.0 Å². The van der Waals surface area contributed by atoms with Gasteiger partial charge in [-0.25, -0.2) is 13.2 Å². The topological polar surface area (TPSA) is 89.5 Å². The van der Waals surface area contributed by atoms with E-state index in [1.807, 2.05) is 0 Å². The Kier molecular flexibility index (Phi) is 6.51. The van der Waals surface area contributed by atoms with Crippen LogP contribution >= 0.6 is 11.3 Å². The smallest absolute Gasteiger partial charge is 0.341 e. The van der Waals surface area contributed by atoms with Gasteiger partial charge in [-0.3, -0.25) is 4.79 Å². The molecule has 2 aromatic rings. The molecule has 0 saturated carbocycles. The molecule has 150 valence electrons. The third-order valence-corrected chi connectivity index (χ3v) is 7.70. The molecule has 1 aliphatic rings. The van der Waals surface area contributed by atoms with E-state index in [2.05, 4.69) is 5.32 Å². The highest BCUT2D eigenvalue weighted by Crippen LogP contribution is 2.38. The monoisotopic (exact) mass is 421 g/mol. The second-order valence-corrected chi connectivity index (χ2v) is 9.90. The fourth-order valence-electron chi connectivity index (χ4n) is 3.31. The van der Waals surface area contributed by atoms with Crippen LogP contribution in [0.2, 0.25) is 0 Å². The van der Waals surface area contributed by atoms with E-state index < -0.39 is 21.7 Å². The number of aryl methyl sites for hydroxylation is 1. The van der Waals surface area contributed by atoms with Gasteiger partial charge in [0, 0.05) is 11.3 Å². The largest absolute Gasteiger partial charge is 0.465 e. The second kappa shape index (κ2) is 8.87. The SMILES string of the molecule is COC(=O)c1c(NC(=O)CCS(=O)(=O)c2ccccc2)sc2c1CCCCC2. The first-order valence-electron chi connectivity index (χ1n) is 9.23. The van der Waals surface area contributed by atoms with Gasteiger partial charge in [-0.2, -0.15) is 0 Å². The van der Waals surface area contributed by atoms with Gasteiger partial charge in [0.2, 0.25) is 5.91 Å². The number of methoxy groups -OCH3 is 1. The summed E-state index contributed by atoms with van der Waals surface area (Å²) >= 11 is 1.39. The lowest BCUT2D eigenvalue weighted by molar-refractivity contribution is -0.115. The minimum atomic E-state index is -3.53. The zero-order valence-electron chi connectivity index (χ0n) is 15.7. The summed E-state index contributed by atoms with van der Waals surface area (Å²) in [6, 6.07) is 8.06. The molecule has 6 nitrogen and oxygen atoms in total. The van der Waals surface area contributed by atoms with Gasteiger partial charge in [-0.1, -0.05) is 24.6 Å². The van der Waals surface area contributed by atoms with E-state index >= 15 is 0 Å². The van der Waals surface area contributed by atoms with Gasteiger partial charge >= 0.3 is 5.97 Å². The van der Waals surface area contributed by atoms with Gasteiger partial charge in [0.05, 0.1) is 23.3 Å². The van der Waals surface area contributed by atoms with Crippen LogP contribution in [0.25, 0.3) is 0 Å². The number of esters is 1. The van der Waals surface area contributed by atoms with Crippen LogP contribution in [0.15, 0.2) is 35.2 Å². The summed E-state index contributed by atoms with van der Waals surface area (Å²) in [6.07, 6.45) is 4.64. The molecule has 1 amide bonds. The number of fused-ring (bicyclic) bond motifs is 1. The summed E-state index contributed by atoms with van der Waals surface area (Å²) in [7, 11) is -2.21. The van der Waals surface area contributed by atoms with Crippen LogP contribution in [0.4, 0.5) is 5.00 Å². The number of benzene rings is 1. The van der Waals surface area contributed by atoms with Crippen LogP contribution < -0.4 is 5.32 Å². The standard InChI is InChI=1S/C20H23NO5S2/c1-26-20(23)18-15-10-6-3-7-11-16(15)27-19(18)21-17(22)12-13-28(24,25)14-8-4-2-5-9-14/h2,4-5,8-9H,3,6-7,10-13H2,1H3,(H,21,22). The summed E-state index contributed by atoms with van der Waals surface area (Å²) in [5, 5.41) is 3.20. The Morgan fingerprint density at radius 3 is 2.54 bits per heavy atom. The van der Waals surface area contributed by atoms with Crippen molar-refractivity contribution in [2.75, 3.05) is 18.2 Å². The number of amides is 1. The molecule has 0 aliphatic heterocycles. The highest BCUT2D eigenvalue weighted by molar-refractivity contribution is 7.91. The minimum Gasteiger partial charge on any atom is -0.465 e. The lowest BCUT2D eigenvalue weighted by atomic mass is 10.1. The number of rotatable bonds is 6. The molecule has 0 radical (unpaired) electrons. The molecule has 1 heterocycles. The second-order valence-electron chi connectivity index (χ2n) is 6.69. The number of ether oxygens (including phenoxy) is 1. The summed E-state index contributed by atoms with van der Waals surface area (Å²) < 4.78 is 29.6. The van der Waals surface area contributed by atoms with Crippen LogP contribution in [0.1, 0.15) is 46.5 Å². The molecule has 28 heavy (non-hydrogen) atoms. The average molecular weight is 422 g/mol. The highest BCUT2D eigenvalue weighted by atomic mass is 32.2. The van der Waals surface area contributed by atoms with E-state index in [1.165, 1.54) is 30.6 Å². The Morgan fingerprint density at radius 2 is 1.82 bits per heavy atom. The molecular formula is C20H23NO5S2. The fraction of sp³-hybridized carbons (Fsp3) is 0.400. The maximum atomic E-state index is 12.4. The van der Waals surface area contributed by atoms with Crippen molar-refractivity contribution in [1.82, 2.24) is 0 Å².